The van der Waals surface area contributed by atoms with Crippen LogP contribution in [0.25, 0.3) is 0 Å². The molecule has 1 aliphatic heterocycles. The highest BCUT2D eigenvalue weighted by Crippen LogP contribution is 2.11. The minimum atomic E-state index is -3.30. The number of rotatable bonds is 4. The van der Waals surface area contributed by atoms with E-state index in [1.165, 1.54) is 31.2 Å². The van der Waals surface area contributed by atoms with Crippen LogP contribution in [-0.2, 0) is 10.2 Å². The molecular weight excluding hydrogens is 214 g/mol. The summed E-state index contributed by atoms with van der Waals surface area (Å²) in [5.74, 6) is 0. The topological polar surface area (TPSA) is 61.4 Å². The highest BCUT2D eigenvalue weighted by molar-refractivity contribution is 7.87. The Labute approximate surface area is 92.4 Å². The average molecular weight is 235 g/mol. The molecule has 2 atom stereocenters. The van der Waals surface area contributed by atoms with E-state index < -0.39 is 10.2 Å². The zero-order chi connectivity index (χ0) is 11.5. The third kappa shape index (κ3) is 3.71. The maximum Gasteiger partial charge on any atom is 0.279 e. The Bertz CT molecular complexity index is 284. The van der Waals surface area contributed by atoms with E-state index in [4.69, 9.17) is 0 Å². The molecule has 15 heavy (non-hydrogen) atoms. The third-order valence-electron chi connectivity index (χ3n) is 2.77. The van der Waals surface area contributed by atoms with Gasteiger partial charge in [-0.05, 0) is 26.3 Å². The van der Waals surface area contributed by atoms with Crippen LogP contribution in [0.15, 0.2) is 0 Å². The molecular formula is C9H21N3O2S. The molecule has 1 heterocycles. The molecule has 2 N–H and O–H groups in total. The second kappa shape index (κ2) is 5.25. The summed E-state index contributed by atoms with van der Waals surface area (Å²) in [4.78, 5) is 0. The van der Waals surface area contributed by atoms with Gasteiger partial charge < -0.3 is 5.32 Å². The lowest BCUT2D eigenvalue weighted by Crippen LogP contribution is -2.52. The fourth-order valence-electron chi connectivity index (χ4n) is 1.73. The normalized spacial score (nSPS) is 25.5. The molecule has 1 aliphatic rings. The lowest BCUT2D eigenvalue weighted by Gasteiger charge is -2.30. The molecule has 0 aromatic rings. The van der Waals surface area contributed by atoms with E-state index in [1.54, 1.807) is 0 Å². The van der Waals surface area contributed by atoms with Crippen LogP contribution in [0.3, 0.4) is 0 Å². The van der Waals surface area contributed by atoms with Crippen LogP contribution in [-0.4, -0.2) is 45.4 Å². The number of piperidine rings is 1. The summed E-state index contributed by atoms with van der Waals surface area (Å²) in [7, 11) is -0.241. The Morgan fingerprint density at radius 1 is 1.40 bits per heavy atom. The smallest absolute Gasteiger partial charge is 0.279 e. The van der Waals surface area contributed by atoms with E-state index in [0.29, 0.717) is 0 Å². The van der Waals surface area contributed by atoms with Gasteiger partial charge in [0.2, 0.25) is 0 Å². The van der Waals surface area contributed by atoms with Crippen molar-refractivity contribution in [2.45, 2.75) is 38.3 Å². The van der Waals surface area contributed by atoms with Crippen molar-refractivity contribution in [1.29, 1.82) is 0 Å². The number of hydrogen-bond donors (Lipinski definition) is 2. The lowest BCUT2D eigenvalue weighted by atomic mass is 10.00. The van der Waals surface area contributed by atoms with Crippen LogP contribution in [0.2, 0.25) is 0 Å². The van der Waals surface area contributed by atoms with E-state index in [1.807, 2.05) is 6.92 Å². The molecule has 1 rings (SSSR count). The second-order valence-corrected chi connectivity index (χ2v) is 6.17. The van der Waals surface area contributed by atoms with Gasteiger partial charge in [0.1, 0.15) is 0 Å². The Kier molecular flexibility index (Phi) is 4.51. The molecule has 0 aliphatic carbocycles. The average Bonchev–Trinajstić information content (AvgIpc) is 2.18. The van der Waals surface area contributed by atoms with Crippen LogP contribution >= 0.6 is 0 Å². The van der Waals surface area contributed by atoms with Crippen LogP contribution in [0.5, 0.6) is 0 Å². The minimum Gasteiger partial charge on any atom is -0.312 e. The van der Waals surface area contributed by atoms with Gasteiger partial charge >= 0.3 is 0 Å². The highest BCUT2D eigenvalue weighted by Gasteiger charge is 2.24. The van der Waals surface area contributed by atoms with E-state index >= 15 is 0 Å². The number of nitrogens with one attached hydrogen (secondary N) is 2. The fraction of sp³-hybridized carbons (Fsp3) is 1.00. The highest BCUT2D eigenvalue weighted by atomic mass is 32.2. The first-order valence-electron chi connectivity index (χ1n) is 5.36. The maximum absolute atomic E-state index is 11.6. The minimum absolute atomic E-state index is 0.0577. The Hall–Kier alpha value is -0.170. The summed E-state index contributed by atoms with van der Waals surface area (Å²) in [6.07, 6.45) is 3.40. The van der Waals surface area contributed by atoms with Crippen molar-refractivity contribution in [3.8, 4) is 0 Å². The van der Waals surface area contributed by atoms with Crippen molar-refractivity contribution in [1.82, 2.24) is 14.3 Å². The maximum atomic E-state index is 11.6. The molecule has 5 nitrogen and oxygen atoms in total. The quantitative estimate of drug-likeness (QED) is 0.716. The first kappa shape index (κ1) is 12.9. The summed E-state index contributed by atoms with van der Waals surface area (Å²) in [5.41, 5.74) is 0. The zero-order valence-corrected chi connectivity index (χ0v) is 10.5. The summed E-state index contributed by atoms with van der Waals surface area (Å²) in [6, 6.07) is 0.200. The van der Waals surface area contributed by atoms with Crippen molar-refractivity contribution in [3.63, 3.8) is 0 Å². The van der Waals surface area contributed by atoms with Crippen LogP contribution in [0, 0.1) is 0 Å². The van der Waals surface area contributed by atoms with Crippen LogP contribution in [0.4, 0.5) is 0 Å². The van der Waals surface area contributed by atoms with Gasteiger partial charge in [-0.3, -0.25) is 0 Å². The lowest BCUT2D eigenvalue weighted by molar-refractivity contribution is 0.343. The summed E-state index contributed by atoms with van der Waals surface area (Å²) in [5, 5.41) is 3.33. The SMILES string of the molecule is CC(NS(=O)(=O)N(C)C)C1CCCCN1. The first-order chi connectivity index (χ1) is 6.93. The van der Waals surface area contributed by atoms with Gasteiger partial charge in [-0.15, -0.1) is 0 Å². The van der Waals surface area contributed by atoms with Gasteiger partial charge in [-0.1, -0.05) is 6.42 Å². The van der Waals surface area contributed by atoms with Gasteiger partial charge in [0.25, 0.3) is 10.2 Å². The van der Waals surface area contributed by atoms with Crippen molar-refractivity contribution >= 4 is 10.2 Å². The van der Waals surface area contributed by atoms with Crippen molar-refractivity contribution in [2.75, 3.05) is 20.6 Å². The molecule has 1 fully saturated rings. The molecule has 0 spiro atoms. The van der Waals surface area contributed by atoms with E-state index in [-0.39, 0.29) is 12.1 Å². The van der Waals surface area contributed by atoms with Crippen molar-refractivity contribution < 1.29 is 8.42 Å². The second-order valence-electron chi connectivity index (χ2n) is 4.25. The standard InChI is InChI=1S/C9H21N3O2S/c1-8(9-6-4-5-7-10-9)11-15(13,14)12(2)3/h8-11H,4-7H2,1-3H3. The van der Waals surface area contributed by atoms with E-state index in [0.717, 1.165) is 13.0 Å². The molecule has 2 unspecified atom stereocenters. The largest absolute Gasteiger partial charge is 0.312 e. The number of nitrogens with zero attached hydrogens (tertiary/aromatic N) is 1. The van der Waals surface area contributed by atoms with Gasteiger partial charge in [-0.2, -0.15) is 17.4 Å². The van der Waals surface area contributed by atoms with Crippen molar-refractivity contribution in [3.05, 3.63) is 0 Å². The Balaban J connectivity index is 2.50. The monoisotopic (exact) mass is 235 g/mol. The molecule has 1 saturated heterocycles. The van der Waals surface area contributed by atoms with Crippen LogP contribution in [0.1, 0.15) is 26.2 Å². The third-order valence-corrected chi connectivity index (χ3v) is 4.40. The summed E-state index contributed by atoms with van der Waals surface area (Å²) < 4.78 is 27.0. The van der Waals surface area contributed by atoms with E-state index in [2.05, 4.69) is 10.0 Å². The molecule has 90 valence electrons. The first-order valence-corrected chi connectivity index (χ1v) is 6.80. The zero-order valence-electron chi connectivity index (χ0n) is 9.66. The summed E-state index contributed by atoms with van der Waals surface area (Å²) in [6.45, 7) is 2.89. The fourth-order valence-corrected chi connectivity index (χ4v) is 2.57. The molecule has 0 amide bonds. The van der Waals surface area contributed by atoms with Gasteiger partial charge in [-0.25, -0.2) is 0 Å². The number of hydrogen-bond acceptors (Lipinski definition) is 3. The van der Waals surface area contributed by atoms with Gasteiger partial charge in [0, 0.05) is 26.2 Å². The molecule has 0 saturated carbocycles. The molecule has 6 heteroatoms. The summed E-state index contributed by atoms with van der Waals surface area (Å²) >= 11 is 0. The predicted molar refractivity (Wildman–Crippen MR) is 60.8 cm³/mol. The van der Waals surface area contributed by atoms with Gasteiger partial charge in [0.15, 0.2) is 0 Å². The predicted octanol–water partition coefficient (Wildman–Crippen LogP) is -0.0870. The Morgan fingerprint density at radius 3 is 2.53 bits per heavy atom. The van der Waals surface area contributed by atoms with E-state index in [9.17, 15) is 8.42 Å². The molecule has 0 aromatic carbocycles. The Morgan fingerprint density at radius 2 is 2.07 bits per heavy atom. The molecule has 0 radical (unpaired) electrons. The molecule has 0 aromatic heterocycles. The van der Waals surface area contributed by atoms with Crippen LogP contribution < -0.4 is 10.0 Å². The van der Waals surface area contributed by atoms with Gasteiger partial charge in [0.05, 0.1) is 0 Å². The van der Waals surface area contributed by atoms with Crippen molar-refractivity contribution in [2.24, 2.45) is 0 Å². The molecule has 0 bridgehead atoms.